The van der Waals surface area contributed by atoms with E-state index in [-0.39, 0.29) is 17.8 Å². The lowest BCUT2D eigenvalue weighted by molar-refractivity contribution is 0.0125. The molecule has 1 amide bonds. The van der Waals surface area contributed by atoms with Gasteiger partial charge in [0, 0.05) is 44.5 Å². The van der Waals surface area contributed by atoms with Crippen LogP contribution in [0.3, 0.4) is 0 Å². The van der Waals surface area contributed by atoms with Gasteiger partial charge in [-0.05, 0) is 74.9 Å². The smallest absolute Gasteiger partial charge is 0.408 e. The number of nitrogens with one attached hydrogen (secondary N) is 1. The molecule has 2 aromatic carbocycles. The van der Waals surface area contributed by atoms with Gasteiger partial charge in [0.2, 0.25) is 0 Å². The van der Waals surface area contributed by atoms with E-state index < -0.39 is 25.3 Å². The van der Waals surface area contributed by atoms with Crippen molar-refractivity contribution in [2.75, 3.05) is 19.8 Å². The van der Waals surface area contributed by atoms with Gasteiger partial charge in [-0.25, -0.2) is 4.79 Å². The zero-order chi connectivity index (χ0) is 32.7. The molecule has 2 unspecified atom stereocenters. The molecule has 2 aliphatic carbocycles. The maximum Gasteiger partial charge on any atom is 0.408 e. The van der Waals surface area contributed by atoms with Crippen LogP contribution in [0, 0.1) is 5.92 Å². The third-order valence-electron chi connectivity index (χ3n) is 9.25. The third kappa shape index (κ3) is 6.94. The molecule has 0 spiro atoms. The van der Waals surface area contributed by atoms with E-state index in [0.29, 0.717) is 19.6 Å². The van der Waals surface area contributed by atoms with E-state index in [1.807, 2.05) is 39.0 Å². The topological polar surface area (TPSA) is 78.8 Å². The summed E-state index contributed by atoms with van der Waals surface area (Å²) >= 11 is 0. The maximum atomic E-state index is 14.0. The molecular weight excluding hydrogens is 593 g/mol. The molecule has 0 bridgehead atoms. The Hall–Kier alpha value is -3.46. The van der Waals surface area contributed by atoms with E-state index in [1.165, 1.54) is 0 Å². The van der Waals surface area contributed by atoms with Crippen LogP contribution >= 0.6 is 0 Å². The van der Waals surface area contributed by atoms with Crippen LogP contribution in [0.2, 0.25) is 25.7 Å². The zero-order valence-electron chi connectivity index (χ0n) is 28.2. The van der Waals surface area contributed by atoms with Crippen molar-refractivity contribution in [1.29, 1.82) is 0 Å². The maximum absolute atomic E-state index is 14.0. The SMILES string of the molecule is CC(C)(C)OC(=O)NC1(c2ccc(-c3c4c(cn3-c3ccccc3)C3OCC(COCC[Si](C)(C)C)C=C3CC4=O)cc2)CCC1. The normalized spacial score (nSPS) is 20.7. The highest BCUT2D eigenvalue weighted by Crippen LogP contribution is 2.46. The van der Waals surface area contributed by atoms with Crippen LogP contribution in [-0.4, -0.2) is 49.9 Å². The fourth-order valence-corrected chi connectivity index (χ4v) is 7.50. The first-order valence-corrected chi connectivity index (χ1v) is 20.4. The number of fused-ring (bicyclic) bond motifs is 3. The molecule has 3 aliphatic rings. The van der Waals surface area contributed by atoms with Crippen molar-refractivity contribution in [2.45, 2.75) is 89.4 Å². The van der Waals surface area contributed by atoms with Crippen molar-refractivity contribution in [2.24, 2.45) is 5.92 Å². The molecule has 6 rings (SSSR count). The van der Waals surface area contributed by atoms with E-state index in [9.17, 15) is 9.59 Å². The molecule has 1 fully saturated rings. The lowest BCUT2D eigenvalue weighted by atomic mass is 9.71. The van der Waals surface area contributed by atoms with E-state index in [0.717, 1.165) is 71.1 Å². The average molecular weight is 641 g/mol. The lowest BCUT2D eigenvalue weighted by Crippen LogP contribution is -2.52. The Bertz CT molecular complexity index is 1610. The van der Waals surface area contributed by atoms with Crippen molar-refractivity contribution in [1.82, 2.24) is 9.88 Å². The fraction of sp³-hybridized carbons (Fsp3) is 0.474. The highest BCUT2D eigenvalue weighted by Gasteiger charge is 2.42. The van der Waals surface area contributed by atoms with Crippen molar-refractivity contribution in [3.63, 3.8) is 0 Å². The molecule has 1 N–H and O–H groups in total. The molecule has 2 heterocycles. The first-order valence-electron chi connectivity index (χ1n) is 16.7. The number of amides is 1. The molecular formula is C38H48N2O5Si. The minimum Gasteiger partial charge on any atom is -0.444 e. The van der Waals surface area contributed by atoms with Crippen molar-refractivity contribution in [3.8, 4) is 16.9 Å². The molecule has 0 radical (unpaired) electrons. The highest BCUT2D eigenvalue weighted by molar-refractivity contribution is 6.76. The van der Waals surface area contributed by atoms with Crippen LogP contribution in [0.15, 0.2) is 72.4 Å². The number of nitrogens with zero attached hydrogens (tertiary/aromatic N) is 1. The van der Waals surface area contributed by atoms with Crippen LogP contribution in [0.25, 0.3) is 16.9 Å². The number of para-hydroxylation sites is 1. The van der Waals surface area contributed by atoms with Crippen LogP contribution in [0.1, 0.15) is 74.0 Å². The number of carbonyl (C=O) groups is 2. The number of hydrogen-bond donors (Lipinski definition) is 1. The number of aromatic nitrogens is 1. The van der Waals surface area contributed by atoms with Crippen LogP contribution in [-0.2, 0) is 19.7 Å². The van der Waals surface area contributed by atoms with Gasteiger partial charge in [-0.1, -0.05) is 68.2 Å². The number of alkyl carbamates (subject to hydrolysis) is 1. The largest absolute Gasteiger partial charge is 0.444 e. The van der Waals surface area contributed by atoms with Gasteiger partial charge in [0.15, 0.2) is 5.78 Å². The van der Waals surface area contributed by atoms with Gasteiger partial charge in [0.05, 0.1) is 30.0 Å². The molecule has 1 aliphatic heterocycles. The predicted octanol–water partition coefficient (Wildman–Crippen LogP) is 8.60. The Balaban J connectivity index is 1.30. The molecule has 46 heavy (non-hydrogen) atoms. The Morgan fingerprint density at radius 3 is 2.41 bits per heavy atom. The Morgan fingerprint density at radius 1 is 1.07 bits per heavy atom. The number of hydrogen-bond acceptors (Lipinski definition) is 5. The number of ketones is 1. The standard InChI is InChI=1S/C38H48N2O5Si/c1-37(2,3)45-36(42)39-38(17-10-18-38)29-15-13-27(14-16-29)34-33-31(23-40(34)30-11-8-7-9-12-30)35-28(22-32(33)41)21-26(25-44-35)24-43-19-20-46(4,5)6/h7-9,11-16,21,23,26,35H,10,17-20,22,24-25H2,1-6H3,(H,39,42). The van der Waals surface area contributed by atoms with E-state index in [1.54, 1.807) is 0 Å². The third-order valence-corrected chi connectivity index (χ3v) is 10.9. The summed E-state index contributed by atoms with van der Waals surface area (Å²) in [4.78, 5) is 26.7. The summed E-state index contributed by atoms with van der Waals surface area (Å²) < 4.78 is 20.3. The quantitative estimate of drug-likeness (QED) is 0.144. The summed E-state index contributed by atoms with van der Waals surface area (Å²) in [5.74, 6) is 0.260. The summed E-state index contributed by atoms with van der Waals surface area (Å²) in [6, 6.07) is 19.6. The van der Waals surface area contributed by atoms with Crippen LogP contribution in [0.4, 0.5) is 4.79 Å². The van der Waals surface area contributed by atoms with Crippen LogP contribution in [0.5, 0.6) is 0 Å². The number of Topliss-reactive ketones (excluding diaryl/α,β-unsaturated/α-hetero) is 1. The summed E-state index contributed by atoms with van der Waals surface area (Å²) in [5, 5.41) is 3.16. The van der Waals surface area contributed by atoms with Gasteiger partial charge in [0.25, 0.3) is 0 Å². The molecule has 1 aromatic heterocycles. The van der Waals surface area contributed by atoms with Gasteiger partial charge in [-0.3, -0.25) is 4.79 Å². The Labute approximate surface area is 274 Å². The van der Waals surface area contributed by atoms with Crippen molar-refractivity contribution < 1.29 is 23.8 Å². The van der Waals surface area contributed by atoms with E-state index >= 15 is 0 Å². The number of benzene rings is 2. The summed E-state index contributed by atoms with van der Waals surface area (Å²) in [6.45, 7) is 14.7. The summed E-state index contributed by atoms with van der Waals surface area (Å²) in [5.41, 5.74) is 5.54. The highest BCUT2D eigenvalue weighted by atomic mass is 28.3. The lowest BCUT2D eigenvalue weighted by Gasteiger charge is -2.43. The summed E-state index contributed by atoms with van der Waals surface area (Å²) in [7, 11) is -1.15. The van der Waals surface area contributed by atoms with E-state index in [4.69, 9.17) is 14.2 Å². The van der Waals surface area contributed by atoms with Crippen molar-refractivity contribution in [3.05, 3.63) is 89.1 Å². The van der Waals surface area contributed by atoms with Gasteiger partial charge in [-0.2, -0.15) is 0 Å². The molecule has 3 aromatic rings. The minimum atomic E-state index is -1.15. The second kappa shape index (κ2) is 12.6. The molecule has 0 saturated heterocycles. The Morgan fingerprint density at radius 2 is 1.78 bits per heavy atom. The number of carbonyl (C=O) groups excluding carboxylic acids is 2. The number of ether oxygens (including phenoxy) is 3. The first-order chi connectivity index (χ1) is 21.8. The van der Waals surface area contributed by atoms with Crippen LogP contribution < -0.4 is 5.32 Å². The Kier molecular flexibility index (Phi) is 8.91. The summed E-state index contributed by atoms with van der Waals surface area (Å²) in [6.07, 6.45) is 6.78. The second-order valence-corrected chi connectivity index (χ2v) is 21.0. The molecule has 7 nitrogen and oxygen atoms in total. The monoisotopic (exact) mass is 640 g/mol. The zero-order valence-corrected chi connectivity index (χ0v) is 29.2. The first kappa shape index (κ1) is 32.5. The fourth-order valence-electron chi connectivity index (χ4n) is 6.74. The van der Waals surface area contributed by atoms with Gasteiger partial charge in [0.1, 0.15) is 11.7 Å². The molecule has 244 valence electrons. The van der Waals surface area contributed by atoms with Gasteiger partial charge < -0.3 is 24.1 Å². The van der Waals surface area contributed by atoms with Gasteiger partial charge in [-0.15, -0.1) is 0 Å². The molecule has 2 atom stereocenters. The van der Waals surface area contributed by atoms with E-state index in [2.05, 4.69) is 78.2 Å². The molecule has 1 saturated carbocycles. The average Bonchev–Trinajstić information content (AvgIpc) is 3.38. The van der Waals surface area contributed by atoms with Gasteiger partial charge >= 0.3 is 6.09 Å². The second-order valence-electron chi connectivity index (χ2n) is 15.4. The number of rotatable bonds is 9. The molecule has 8 heteroatoms. The predicted molar refractivity (Wildman–Crippen MR) is 184 cm³/mol. The minimum absolute atomic E-state index is 0.109. The van der Waals surface area contributed by atoms with Crippen molar-refractivity contribution >= 4 is 20.0 Å².